The van der Waals surface area contributed by atoms with Crippen molar-refractivity contribution in [3.05, 3.63) is 53.2 Å². The predicted molar refractivity (Wildman–Crippen MR) is 127 cm³/mol. The Labute approximate surface area is 205 Å². The molecule has 1 fully saturated rings. The summed E-state index contributed by atoms with van der Waals surface area (Å²) in [5.74, 6) is -0.0415. The van der Waals surface area contributed by atoms with Crippen molar-refractivity contribution in [1.29, 1.82) is 0 Å². The fourth-order valence-corrected chi connectivity index (χ4v) is 5.19. The van der Waals surface area contributed by atoms with Gasteiger partial charge in [-0.1, -0.05) is 6.07 Å². The number of aromatic nitrogens is 1. The zero-order valence-electron chi connectivity index (χ0n) is 18.4. The van der Waals surface area contributed by atoms with Crippen molar-refractivity contribution in [1.82, 2.24) is 19.9 Å². The molecule has 0 radical (unpaired) electrons. The average Bonchev–Trinajstić information content (AvgIpc) is 3.11. The van der Waals surface area contributed by atoms with E-state index < -0.39 is 27.1 Å². The molecule has 3 heterocycles. The van der Waals surface area contributed by atoms with E-state index in [0.717, 1.165) is 16.7 Å². The van der Waals surface area contributed by atoms with Crippen LogP contribution in [0.4, 0.5) is 4.79 Å². The van der Waals surface area contributed by atoms with Crippen LogP contribution >= 0.6 is 11.8 Å². The van der Waals surface area contributed by atoms with Crippen molar-refractivity contribution in [2.24, 2.45) is 0 Å². The zero-order valence-corrected chi connectivity index (χ0v) is 20.1. The second kappa shape index (κ2) is 10.9. The van der Waals surface area contributed by atoms with Gasteiger partial charge in [-0.25, -0.2) is 13.1 Å². The number of nitrogens with one attached hydrogen (secondary N) is 2. The minimum atomic E-state index is -3.85. The van der Waals surface area contributed by atoms with Crippen LogP contribution in [0.2, 0.25) is 0 Å². The lowest BCUT2D eigenvalue weighted by Crippen LogP contribution is -2.38. The summed E-state index contributed by atoms with van der Waals surface area (Å²) in [6.45, 7) is 0.655. The van der Waals surface area contributed by atoms with E-state index in [1.807, 2.05) is 0 Å². The third-order valence-corrected chi connectivity index (χ3v) is 7.35. The molecule has 1 saturated heterocycles. The molecule has 11 nitrogen and oxygen atoms in total. The molecule has 2 aromatic rings. The molecule has 2 N–H and O–H groups in total. The Kier molecular flexibility index (Phi) is 7.68. The summed E-state index contributed by atoms with van der Waals surface area (Å²) in [5, 5.41) is 2.16. The molecule has 13 heteroatoms. The summed E-state index contributed by atoms with van der Waals surface area (Å²) in [6, 6.07) is 7.78. The number of fused-ring (bicyclic) bond motifs is 1. The number of hydrogen-bond donors (Lipinski definition) is 2. The topological polar surface area (TPSA) is 144 Å². The smallest absolute Gasteiger partial charge is 0.293 e. The molecule has 2 aliphatic heterocycles. The van der Waals surface area contributed by atoms with Crippen molar-refractivity contribution in [2.75, 3.05) is 32.8 Å². The number of benzene rings is 1. The summed E-state index contributed by atoms with van der Waals surface area (Å²) >= 11 is 0.823. The summed E-state index contributed by atoms with van der Waals surface area (Å²) in [5.41, 5.74) is 0.699. The second-order valence-corrected chi connectivity index (χ2v) is 10.2. The molecule has 35 heavy (non-hydrogen) atoms. The van der Waals surface area contributed by atoms with Gasteiger partial charge in [-0.05, 0) is 41.6 Å². The highest BCUT2D eigenvalue weighted by atomic mass is 32.2. The Morgan fingerprint density at radius 3 is 2.71 bits per heavy atom. The molecule has 3 amide bonds. The molecule has 1 aromatic heterocycles. The van der Waals surface area contributed by atoms with Crippen molar-refractivity contribution in [3.63, 3.8) is 0 Å². The van der Waals surface area contributed by atoms with E-state index in [-0.39, 0.29) is 35.9 Å². The first kappa shape index (κ1) is 24.7. The summed E-state index contributed by atoms with van der Waals surface area (Å²) < 4.78 is 38.1. The van der Waals surface area contributed by atoms with Gasteiger partial charge >= 0.3 is 0 Å². The summed E-state index contributed by atoms with van der Waals surface area (Å²) in [7, 11) is -3.85. The summed E-state index contributed by atoms with van der Waals surface area (Å²) in [4.78, 5) is 42.1. The number of hydrogen-bond acceptors (Lipinski definition) is 9. The molecule has 0 saturated carbocycles. The first-order valence-corrected chi connectivity index (χ1v) is 12.9. The Balaban J connectivity index is 1.21. The molecule has 0 spiro atoms. The van der Waals surface area contributed by atoms with Crippen LogP contribution in [0.1, 0.15) is 12.0 Å². The van der Waals surface area contributed by atoms with Crippen LogP contribution in [0.3, 0.4) is 0 Å². The molecular weight excluding hydrogens is 496 g/mol. The van der Waals surface area contributed by atoms with Gasteiger partial charge in [0.25, 0.3) is 11.1 Å². The van der Waals surface area contributed by atoms with Gasteiger partial charge in [0, 0.05) is 44.5 Å². The third kappa shape index (κ3) is 6.18. The van der Waals surface area contributed by atoms with Crippen molar-refractivity contribution >= 4 is 44.9 Å². The maximum Gasteiger partial charge on any atom is 0.293 e. The van der Waals surface area contributed by atoms with Gasteiger partial charge in [0.1, 0.15) is 13.2 Å². The van der Waals surface area contributed by atoms with Gasteiger partial charge < -0.3 is 14.8 Å². The molecule has 0 bridgehead atoms. The normalized spacial score (nSPS) is 16.6. The van der Waals surface area contributed by atoms with Crippen molar-refractivity contribution in [3.8, 4) is 11.5 Å². The van der Waals surface area contributed by atoms with Crippen LogP contribution in [0, 0.1) is 0 Å². The van der Waals surface area contributed by atoms with Crippen molar-refractivity contribution < 1.29 is 32.3 Å². The molecule has 0 atom stereocenters. The van der Waals surface area contributed by atoms with Gasteiger partial charge in [0.15, 0.2) is 11.5 Å². The Morgan fingerprint density at radius 2 is 1.94 bits per heavy atom. The van der Waals surface area contributed by atoms with Crippen LogP contribution in [0.5, 0.6) is 11.5 Å². The van der Waals surface area contributed by atoms with Gasteiger partial charge in [0.2, 0.25) is 15.9 Å². The lowest BCUT2D eigenvalue weighted by Gasteiger charge is -2.18. The van der Waals surface area contributed by atoms with E-state index >= 15 is 0 Å². The number of pyridine rings is 1. The first-order valence-electron chi connectivity index (χ1n) is 10.6. The number of imide groups is 1. The highest BCUT2D eigenvalue weighted by Crippen LogP contribution is 2.32. The van der Waals surface area contributed by atoms with Crippen LogP contribution in [-0.4, -0.2) is 68.2 Å². The molecule has 0 aliphatic carbocycles. The van der Waals surface area contributed by atoms with Crippen molar-refractivity contribution in [2.45, 2.75) is 11.3 Å². The van der Waals surface area contributed by atoms with E-state index in [1.54, 1.807) is 30.6 Å². The number of amides is 3. The standard InChI is InChI=1S/C22H22N4O7S2/c27-20(5-7-25-35(30,31)16-3-4-17-18(13-16)33-11-10-32-17)24-8-9-26-21(28)19(34-22(26)29)12-15-2-1-6-23-14-15/h1-4,6,12-14,25H,5,7-11H2,(H,24,27)/b19-12-. The summed E-state index contributed by atoms with van der Waals surface area (Å²) in [6.07, 6.45) is 4.65. The maximum absolute atomic E-state index is 12.5. The fraction of sp³-hybridized carbons (Fsp3) is 0.273. The van der Waals surface area contributed by atoms with E-state index in [1.165, 1.54) is 18.2 Å². The molecule has 184 valence electrons. The number of rotatable bonds is 9. The van der Waals surface area contributed by atoms with Gasteiger partial charge in [0.05, 0.1) is 9.80 Å². The van der Waals surface area contributed by atoms with E-state index in [0.29, 0.717) is 30.3 Å². The Hall–Kier alpha value is -3.42. The average molecular weight is 519 g/mol. The Bertz CT molecular complexity index is 1270. The first-order chi connectivity index (χ1) is 16.8. The third-order valence-electron chi connectivity index (χ3n) is 4.98. The molecule has 1 aromatic carbocycles. The van der Waals surface area contributed by atoms with Gasteiger partial charge in [-0.15, -0.1) is 0 Å². The monoisotopic (exact) mass is 518 g/mol. The molecular formula is C22H22N4O7S2. The fourth-order valence-electron chi connectivity index (χ4n) is 3.27. The lowest BCUT2D eigenvalue weighted by molar-refractivity contribution is -0.124. The van der Waals surface area contributed by atoms with Crippen LogP contribution in [0.25, 0.3) is 6.08 Å². The van der Waals surface area contributed by atoms with Crippen LogP contribution < -0.4 is 19.5 Å². The number of ether oxygens (including phenoxy) is 2. The van der Waals surface area contributed by atoms with E-state index in [4.69, 9.17) is 9.47 Å². The van der Waals surface area contributed by atoms with E-state index in [2.05, 4.69) is 15.0 Å². The molecule has 2 aliphatic rings. The predicted octanol–water partition coefficient (Wildman–Crippen LogP) is 1.37. The second-order valence-electron chi connectivity index (χ2n) is 7.42. The number of carbonyl (C=O) groups excluding carboxylic acids is 3. The maximum atomic E-state index is 12.5. The van der Waals surface area contributed by atoms with E-state index in [9.17, 15) is 22.8 Å². The zero-order chi connectivity index (χ0) is 24.8. The molecule has 0 unspecified atom stereocenters. The van der Waals surface area contributed by atoms with Crippen LogP contribution in [0.15, 0.2) is 52.5 Å². The largest absolute Gasteiger partial charge is 0.486 e. The lowest BCUT2D eigenvalue weighted by atomic mass is 10.2. The number of sulfonamides is 1. The van der Waals surface area contributed by atoms with Crippen LogP contribution in [-0.2, 0) is 19.6 Å². The number of thioether (sulfide) groups is 1. The van der Waals surface area contributed by atoms with Gasteiger partial charge in [-0.2, -0.15) is 0 Å². The minimum Gasteiger partial charge on any atom is -0.486 e. The quantitative estimate of drug-likeness (QED) is 0.470. The Morgan fingerprint density at radius 1 is 1.14 bits per heavy atom. The SMILES string of the molecule is O=C(CCNS(=O)(=O)c1ccc2c(c1)OCCO2)NCCN1C(=O)S/C(=C\c2cccnc2)C1=O. The highest BCUT2D eigenvalue weighted by molar-refractivity contribution is 8.18. The minimum absolute atomic E-state index is 0.000796. The number of nitrogens with zero attached hydrogens (tertiary/aromatic N) is 2. The molecule has 4 rings (SSSR count). The number of carbonyl (C=O) groups is 3. The van der Waals surface area contributed by atoms with Gasteiger partial charge in [-0.3, -0.25) is 24.3 Å². The highest BCUT2D eigenvalue weighted by Gasteiger charge is 2.34.